The summed E-state index contributed by atoms with van der Waals surface area (Å²) in [4.78, 5) is 0. The monoisotopic (exact) mass is 225 g/mol. The molecule has 0 heterocycles. The first-order valence-electron chi connectivity index (χ1n) is 4.31. The van der Waals surface area contributed by atoms with E-state index in [-0.39, 0.29) is 0 Å². The lowest BCUT2D eigenvalue weighted by Crippen LogP contribution is -2.01. The summed E-state index contributed by atoms with van der Waals surface area (Å²) in [6.45, 7) is 0.416. The molecule has 0 atom stereocenters. The molecule has 0 bridgehead atoms. The average Bonchev–Trinajstić information content (AvgIpc) is 2.26. The van der Waals surface area contributed by atoms with Crippen LogP contribution in [0, 0.1) is 12.3 Å². The highest BCUT2D eigenvalue weighted by Crippen LogP contribution is 2.35. The minimum atomic E-state index is 0.416. The number of hydrogen-bond acceptors (Lipinski definition) is 3. The van der Waals surface area contributed by atoms with Gasteiger partial charge in [-0.25, -0.2) is 0 Å². The molecule has 0 unspecified atom stereocenters. The number of rotatable bonds is 4. The first-order valence-corrected chi connectivity index (χ1v) is 4.69. The maximum Gasteiger partial charge on any atom is 0.145 e. The lowest BCUT2D eigenvalue weighted by molar-refractivity contribution is 0.395. The molecular formula is C11H12ClNO2. The predicted octanol–water partition coefficient (Wildman–Crippen LogP) is 2.40. The lowest BCUT2D eigenvalue weighted by Gasteiger charge is -2.12. The van der Waals surface area contributed by atoms with Gasteiger partial charge >= 0.3 is 0 Å². The molecule has 80 valence electrons. The molecule has 3 nitrogen and oxygen atoms in total. The van der Waals surface area contributed by atoms with Gasteiger partial charge in [0.2, 0.25) is 0 Å². The summed E-state index contributed by atoms with van der Waals surface area (Å²) in [6.07, 6.45) is 5.15. The number of benzene rings is 1. The minimum Gasteiger partial charge on any atom is -0.495 e. The quantitative estimate of drug-likeness (QED) is 0.799. The smallest absolute Gasteiger partial charge is 0.145 e. The van der Waals surface area contributed by atoms with Crippen LogP contribution >= 0.6 is 11.6 Å². The van der Waals surface area contributed by atoms with Crippen molar-refractivity contribution in [2.75, 3.05) is 26.1 Å². The topological polar surface area (TPSA) is 30.5 Å². The Morgan fingerprint density at radius 3 is 2.53 bits per heavy atom. The molecule has 0 aliphatic rings. The van der Waals surface area contributed by atoms with E-state index in [1.807, 2.05) is 0 Å². The van der Waals surface area contributed by atoms with Gasteiger partial charge in [-0.1, -0.05) is 17.5 Å². The molecule has 0 amide bonds. The van der Waals surface area contributed by atoms with Crippen molar-refractivity contribution < 1.29 is 9.47 Å². The summed E-state index contributed by atoms with van der Waals surface area (Å²) < 4.78 is 10.2. The zero-order valence-electron chi connectivity index (χ0n) is 8.63. The van der Waals surface area contributed by atoms with Gasteiger partial charge in [-0.3, -0.25) is 0 Å². The van der Waals surface area contributed by atoms with Crippen molar-refractivity contribution in [2.45, 2.75) is 0 Å². The molecule has 1 N–H and O–H groups in total. The number of ether oxygens (including phenoxy) is 2. The normalized spacial score (nSPS) is 9.20. The molecule has 1 aromatic carbocycles. The van der Waals surface area contributed by atoms with Gasteiger partial charge in [-0.2, -0.15) is 0 Å². The standard InChI is InChI=1S/C11H12ClNO2/c1-4-5-13-9-6-8(12)10(14-2)7-11(9)15-3/h1,6-7,13H,5H2,2-3H3. The van der Waals surface area contributed by atoms with Gasteiger partial charge in [0, 0.05) is 6.07 Å². The van der Waals surface area contributed by atoms with Crippen LogP contribution in [0.4, 0.5) is 5.69 Å². The van der Waals surface area contributed by atoms with Crippen molar-refractivity contribution in [3.63, 3.8) is 0 Å². The third-order valence-electron chi connectivity index (χ3n) is 1.85. The highest BCUT2D eigenvalue weighted by molar-refractivity contribution is 6.32. The maximum absolute atomic E-state index is 5.97. The Balaban J connectivity index is 3.05. The van der Waals surface area contributed by atoms with Gasteiger partial charge in [0.25, 0.3) is 0 Å². The molecule has 15 heavy (non-hydrogen) atoms. The summed E-state index contributed by atoms with van der Waals surface area (Å²) in [7, 11) is 3.12. The average molecular weight is 226 g/mol. The van der Waals surface area contributed by atoms with Crippen molar-refractivity contribution in [2.24, 2.45) is 0 Å². The van der Waals surface area contributed by atoms with Gasteiger partial charge in [0.05, 0.1) is 31.5 Å². The molecule has 0 saturated carbocycles. The van der Waals surface area contributed by atoms with E-state index in [4.69, 9.17) is 27.5 Å². The van der Waals surface area contributed by atoms with Gasteiger partial charge < -0.3 is 14.8 Å². The summed E-state index contributed by atoms with van der Waals surface area (Å²) in [5, 5.41) is 3.52. The zero-order chi connectivity index (χ0) is 11.3. The van der Waals surface area contributed by atoms with Crippen LogP contribution in [0.1, 0.15) is 0 Å². The largest absolute Gasteiger partial charge is 0.495 e. The third-order valence-corrected chi connectivity index (χ3v) is 2.15. The molecular weight excluding hydrogens is 214 g/mol. The van der Waals surface area contributed by atoms with Crippen molar-refractivity contribution in [1.82, 2.24) is 0 Å². The molecule has 0 aromatic heterocycles. The first kappa shape index (κ1) is 11.5. The molecule has 1 rings (SSSR count). The van der Waals surface area contributed by atoms with E-state index in [0.29, 0.717) is 23.1 Å². The van der Waals surface area contributed by atoms with Crippen LogP contribution in [0.2, 0.25) is 5.02 Å². The van der Waals surface area contributed by atoms with Crippen LogP contribution in [0.3, 0.4) is 0 Å². The summed E-state index contributed by atoms with van der Waals surface area (Å²) in [6, 6.07) is 3.43. The number of methoxy groups -OCH3 is 2. The fourth-order valence-corrected chi connectivity index (χ4v) is 1.39. The molecule has 1 aromatic rings. The molecule has 0 spiro atoms. The Morgan fingerprint density at radius 2 is 2.00 bits per heavy atom. The summed E-state index contributed by atoms with van der Waals surface area (Å²) in [5.41, 5.74) is 0.751. The Morgan fingerprint density at radius 1 is 1.33 bits per heavy atom. The minimum absolute atomic E-state index is 0.416. The zero-order valence-corrected chi connectivity index (χ0v) is 9.39. The number of hydrogen-bond donors (Lipinski definition) is 1. The summed E-state index contributed by atoms with van der Waals surface area (Å²) in [5.74, 6) is 3.69. The van der Waals surface area contributed by atoms with Crippen LogP contribution in [0.25, 0.3) is 0 Å². The van der Waals surface area contributed by atoms with E-state index in [1.165, 1.54) is 0 Å². The van der Waals surface area contributed by atoms with Crippen LogP contribution in [0.15, 0.2) is 12.1 Å². The van der Waals surface area contributed by atoms with Crippen LogP contribution in [0.5, 0.6) is 11.5 Å². The van der Waals surface area contributed by atoms with Gasteiger partial charge in [-0.05, 0) is 6.07 Å². The Bertz CT molecular complexity index is 385. The number of anilines is 1. The number of halogens is 1. The van der Waals surface area contributed by atoms with Gasteiger partial charge in [0.15, 0.2) is 0 Å². The van der Waals surface area contributed by atoms with Crippen LogP contribution in [-0.2, 0) is 0 Å². The van der Waals surface area contributed by atoms with Crippen molar-refractivity contribution >= 4 is 17.3 Å². The van der Waals surface area contributed by atoms with E-state index in [1.54, 1.807) is 26.4 Å². The molecule has 0 saturated heterocycles. The first-order chi connectivity index (χ1) is 7.22. The van der Waals surface area contributed by atoms with Crippen LogP contribution in [-0.4, -0.2) is 20.8 Å². The fourth-order valence-electron chi connectivity index (χ4n) is 1.14. The SMILES string of the molecule is C#CCNc1cc(Cl)c(OC)cc1OC. The maximum atomic E-state index is 5.97. The second-order valence-electron chi connectivity index (χ2n) is 2.74. The van der Waals surface area contributed by atoms with E-state index in [9.17, 15) is 0 Å². The lowest BCUT2D eigenvalue weighted by atomic mass is 10.2. The number of nitrogens with one attached hydrogen (secondary N) is 1. The van der Waals surface area contributed by atoms with Crippen LogP contribution < -0.4 is 14.8 Å². The van der Waals surface area contributed by atoms with E-state index in [2.05, 4.69) is 11.2 Å². The molecule has 0 radical (unpaired) electrons. The van der Waals surface area contributed by atoms with E-state index >= 15 is 0 Å². The van der Waals surface area contributed by atoms with E-state index in [0.717, 1.165) is 5.69 Å². The second-order valence-corrected chi connectivity index (χ2v) is 3.15. The highest BCUT2D eigenvalue weighted by Gasteiger charge is 2.08. The third kappa shape index (κ3) is 2.71. The molecule has 0 fully saturated rings. The Hall–Kier alpha value is -1.53. The number of terminal acetylenes is 1. The van der Waals surface area contributed by atoms with Crippen molar-refractivity contribution in [1.29, 1.82) is 0 Å². The fraction of sp³-hybridized carbons (Fsp3) is 0.273. The Labute approximate surface area is 94.3 Å². The predicted molar refractivity (Wildman–Crippen MR) is 61.9 cm³/mol. The molecule has 0 aliphatic carbocycles. The second kappa shape index (κ2) is 5.38. The van der Waals surface area contributed by atoms with Gasteiger partial charge in [0.1, 0.15) is 11.5 Å². The van der Waals surface area contributed by atoms with Crippen molar-refractivity contribution in [3.8, 4) is 23.8 Å². The molecule has 0 aliphatic heterocycles. The highest BCUT2D eigenvalue weighted by atomic mass is 35.5. The Kier molecular flexibility index (Phi) is 4.14. The van der Waals surface area contributed by atoms with Crippen molar-refractivity contribution in [3.05, 3.63) is 17.2 Å². The van der Waals surface area contributed by atoms with E-state index < -0.39 is 0 Å². The summed E-state index contributed by atoms with van der Waals surface area (Å²) >= 11 is 5.97. The van der Waals surface area contributed by atoms with Gasteiger partial charge in [-0.15, -0.1) is 6.42 Å². The molecule has 4 heteroatoms.